The van der Waals surface area contributed by atoms with Crippen molar-refractivity contribution in [3.8, 4) is 0 Å². The molecule has 1 fully saturated rings. The molecule has 1 heterocycles. The van der Waals surface area contributed by atoms with Crippen molar-refractivity contribution in [2.24, 2.45) is 0 Å². The van der Waals surface area contributed by atoms with E-state index in [2.05, 4.69) is 10.6 Å². The molecule has 0 aromatic heterocycles. The predicted molar refractivity (Wildman–Crippen MR) is 53.4 cm³/mol. The Hall–Kier alpha value is 3.27. The number of nitrogens with one attached hydrogen (secondary N) is 2. The summed E-state index contributed by atoms with van der Waals surface area (Å²) in [6.45, 7) is 4.56. The van der Waals surface area contributed by atoms with Crippen molar-refractivity contribution in [3.05, 3.63) is 0 Å². The van der Waals surface area contributed by atoms with Crippen LogP contribution in [0.5, 0.6) is 0 Å². The molecule has 0 bridgehead atoms. The molecule has 1 rings (SSSR count). The zero-order valence-corrected chi connectivity index (χ0v) is 14.3. The summed E-state index contributed by atoms with van der Waals surface area (Å²) in [6, 6.07) is 0. The van der Waals surface area contributed by atoms with Crippen LogP contribution in [0.15, 0.2) is 0 Å². The molecule has 1 aliphatic rings. The summed E-state index contributed by atoms with van der Waals surface area (Å²) in [5.74, 6) is 0. The van der Waals surface area contributed by atoms with E-state index in [1.54, 1.807) is 0 Å². The SMILES string of the molecule is C1CNCCN1.S.[Na].[Na].[Na]. The first-order chi connectivity index (χ1) is 3.00. The molecule has 0 aromatic carbocycles. The van der Waals surface area contributed by atoms with E-state index in [-0.39, 0.29) is 102 Å². The minimum atomic E-state index is 0. The third kappa shape index (κ3) is 13.8. The van der Waals surface area contributed by atoms with Gasteiger partial charge in [0.05, 0.1) is 0 Å². The van der Waals surface area contributed by atoms with Crippen LogP contribution >= 0.6 is 13.5 Å². The topological polar surface area (TPSA) is 24.1 Å². The molecular weight excluding hydrogens is 177 g/mol. The van der Waals surface area contributed by atoms with Crippen LogP contribution in [0, 0.1) is 0 Å². The third-order valence-corrected chi connectivity index (χ3v) is 0.957. The molecule has 0 atom stereocenters. The minimum absolute atomic E-state index is 0. The molecule has 1 saturated heterocycles. The Morgan fingerprint density at radius 1 is 0.600 bits per heavy atom. The van der Waals surface area contributed by atoms with Crippen LogP contribution < -0.4 is 10.6 Å². The van der Waals surface area contributed by atoms with Crippen LogP contribution in [0.2, 0.25) is 0 Å². The standard InChI is InChI=1S/C4H10N2.3Na.H2S/c1-2-6-4-3-5-1;;;;/h5-6H,1-4H2;;;;1H2. The second-order valence-electron chi connectivity index (χ2n) is 1.50. The van der Waals surface area contributed by atoms with Crippen LogP contribution in [-0.2, 0) is 0 Å². The first kappa shape index (κ1) is 23.2. The van der Waals surface area contributed by atoms with E-state index >= 15 is 0 Å². The molecule has 3 radical (unpaired) electrons. The van der Waals surface area contributed by atoms with Crippen molar-refractivity contribution < 1.29 is 0 Å². The normalized spacial score (nSPS) is 14.4. The van der Waals surface area contributed by atoms with E-state index in [9.17, 15) is 0 Å². The van der Waals surface area contributed by atoms with Crippen LogP contribution in [0.25, 0.3) is 0 Å². The molecule has 1 aliphatic heterocycles. The van der Waals surface area contributed by atoms with Crippen molar-refractivity contribution in [2.75, 3.05) is 26.2 Å². The van der Waals surface area contributed by atoms with Gasteiger partial charge in [0.15, 0.2) is 0 Å². The van der Waals surface area contributed by atoms with Gasteiger partial charge in [0.2, 0.25) is 0 Å². The van der Waals surface area contributed by atoms with Gasteiger partial charge in [0.25, 0.3) is 0 Å². The first-order valence-electron chi connectivity index (χ1n) is 2.41. The van der Waals surface area contributed by atoms with E-state index < -0.39 is 0 Å². The van der Waals surface area contributed by atoms with Crippen molar-refractivity contribution >= 4 is 102 Å². The Morgan fingerprint density at radius 2 is 0.800 bits per heavy atom. The average Bonchev–Trinajstić information content (AvgIpc) is 1.72. The Balaban J connectivity index is -0.0000000450. The Kier molecular flexibility index (Phi) is 42.2. The minimum Gasteiger partial charge on any atom is -0.314 e. The summed E-state index contributed by atoms with van der Waals surface area (Å²) in [4.78, 5) is 0. The molecule has 0 saturated carbocycles. The zero-order valence-electron chi connectivity index (χ0n) is 7.33. The smallest absolute Gasteiger partial charge is 0.00772 e. The molecular formula is C4H12N2Na3S. The fourth-order valence-electron chi connectivity index (χ4n) is 0.604. The van der Waals surface area contributed by atoms with Gasteiger partial charge in [-0.05, 0) is 0 Å². The van der Waals surface area contributed by atoms with Crippen molar-refractivity contribution in [1.29, 1.82) is 0 Å². The quantitative estimate of drug-likeness (QED) is 0.437. The zero-order chi connectivity index (χ0) is 4.24. The molecule has 10 heavy (non-hydrogen) atoms. The molecule has 0 aromatic rings. The van der Waals surface area contributed by atoms with Gasteiger partial charge in [0.1, 0.15) is 0 Å². The van der Waals surface area contributed by atoms with Crippen LogP contribution in [-0.4, -0.2) is 115 Å². The molecule has 6 heteroatoms. The monoisotopic (exact) mass is 189 g/mol. The summed E-state index contributed by atoms with van der Waals surface area (Å²) in [5, 5.41) is 6.44. The van der Waals surface area contributed by atoms with Gasteiger partial charge >= 0.3 is 0 Å². The molecule has 0 spiro atoms. The largest absolute Gasteiger partial charge is 0.314 e. The van der Waals surface area contributed by atoms with Gasteiger partial charge in [0, 0.05) is 115 Å². The molecule has 2 nitrogen and oxygen atoms in total. The Bertz CT molecular complexity index is 34.0. The van der Waals surface area contributed by atoms with Gasteiger partial charge in [-0.15, -0.1) is 0 Å². The van der Waals surface area contributed by atoms with Crippen LogP contribution in [0.3, 0.4) is 0 Å². The van der Waals surface area contributed by atoms with Crippen molar-refractivity contribution in [2.45, 2.75) is 0 Å². The van der Waals surface area contributed by atoms with E-state index in [1.165, 1.54) is 0 Å². The van der Waals surface area contributed by atoms with Gasteiger partial charge < -0.3 is 10.6 Å². The second kappa shape index (κ2) is 18.1. The number of hydrogen-bond donors (Lipinski definition) is 2. The molecule has 2 N–H and O–H groups in total. The summed E-state index contributed by atoms with van der Waals surface area (Å²) < 4.78 is 0. The maximum Gasteiger partial charge on any atom is 0.00772 e. The Labute approximate surface area is 136 Å². The fourth-order valence-corrected chi connectivity index (χ4v) is 0.604. The molecule has 0 aliphatic carbocycles. The summed E-state index contributed by atoms with van der Waals surface area (Å²) in [6.07, 6.45) is 0. The summed E-state index contributed by atoms with van der Waals surface area (Å²) in [5.41, 5.74) is 0. The number of piperazine rings is 1. The van der Waals surface area contributed by atoms with E-state index in [0.29, 0.717) is 0 Å². The van der Waals surface area contributed by atoms with Gasteiger partial charge in [-0.3, -0.25) is 0 Å². The molecule has 0 amide bonds. The van der Waals surface area contributed by atoms with E-state index in [1.807, 2.05) is 0 Å². The maximum atomic E-state index is 3.22. The average molecular weight is 189 g/mol. The Morgan fingerprint density at radius 3 is 0.900 bits per heavy atom. The summed E-state index contributed by atoms with van der Waals surface area (Å²) >= 11 is 0. The molecule has 47 valence electrons. The third-order valence-electron chi connectivity index (χ3n) is 0.957. The summed E-state index contributed by atoms with van der Waals surface area (Å²) in [7, 11) is 0. The predicted octanol–water partition coefficient (Wildman–Crippen LogP) is -1.85. The van der Waals surface area contributed by atoms with Crippen LogP contribution in [0.1, 0.15) is 0 Å². The van der Waals surface area contributed by atoms with Gasteiger partial charge in [-0.1, -0.05) is 0 Å². The van der Waals surface area contributed by atoms with Crippen LogP contribution in [0.4, 0.5) is 0 Å². The first-order valence-corrected chi connectivity index (χ1v) is 2.41. The van der Waals surface area contributed by atoms with E-state index in [0.717, 1.165) is 26.2 Å². The fraction of sp³-hybridized carbons (Fsp3) is 1.00. The van der Waals surface area contributed by atoms with Crippen molar-refractivity contribution in [3.63, 3.8) is 0 Å². The van der Waals surface area contributed by atoms with Gasteiger partial charge in [-0.25, -0.2) is 0 Å². The molecule has 0 unspecified atom stereocenters. The maximum absolute atomic E-state index is 3.22. The number of hydrogen-bond acceptors (Lipinski definition) is 2. The van der Waals surface area contributed by atoms with Crippen molar-refractivity contribution in [1.82, 2.24) is 10.6 Å². The second-order valence-corrected chi connectivity index (χ2v) is 1.50. The number of rotatable bonds is 0. The van der Waals surface area contributed by atoms with E-state index in [4.69, 9.17) is 0 Å². The van der Waals surface area contributed by atoms with Gasteiger partial charge in [-0.2, -0.15) is 13.5 Å².